The average molecular weight is 292 g/mol. The first-order chi connectivity index (χ1) is 9.99. The van der Waals surface area contributed by atoms with Crippen molar-refractivity contribution >= 4 is 16.9 Å². The molecule has 2 heterocycles. The lowest BCUT2D eigenvalue weighted by atomic mass is 10.2. The van der Waals surface area contributed by atoms with E-state index in [1.165, 1.54) is 6.33 Å². The zero-order chi connectivity index (χ0) is 15.0. The maximum atomic E-state index is 12.6. The highest BCUT2D eigenvalue weighted by molar-refractivity contribution is 5.73. The highest BCUT2D eigenvalue weighted by Crippen LogP contribution is 2.30. The van der Waals surface area contributed by atoms with Gasteiger partial charge in [0, 0.05) is 24.6 Å². The molecule has 0 saturated carbocycles. The fourth-order valence-corrected chi connectivity index (χ4v) is 2.03. The van der Waals surface area contributed by atoms with Crippen LogP contribution in [-0.2, 0) is 6.18 Å². The van der Waals surface area contributed by atoms with Crippen LogP contribution in [0.5, 0.6) is 0 Å². The summed E-state index contributed by atoms with van der Waals surface area (Å²) in [7, 11) is 1.81. The van der Waals surface area contributed by atoms with E-state index in [0.29, 0.717) is 5.65 Å². The van der Waals surface area contributed by atoms with E-state index < -0.39 is 11.7 Å². The third-order valence-electron chi connectivity index (χ3n) is 3.15. The molecule has 4 nitrogen and oxygen atoms in total. The second-order valence-corrected chi connectivity index (χ2v) is 4.48. The van der Waals surface area contributed by atoms with E-state index in [9.17, 15) is 13.2 Å². The maximum Gasteiger partial charge on any atom is 0.417 e. The normalized spacial score (nSPS) is 11.8. The molecule has 21 heavy (non-hydrogen) atoms. The Labute approximate surface area is 118 Å². The minimum absolute atomic E-state index is 0.211. The Morgan fingerprint density at radius 1 is 1.10 bits per heavy atom. The van der Waals surface area contributed by atoms with E-state index in [0.717, 1.165) is 23.6 Å². The molecule has 1 aromatic carbocycles. The Hall–Kier alpha value is -2.57. The number of benzene rings is 1. The van der Waals surface area contributed by atoms with Gasteiger partial charge in [-0.3, -0.25) is 4.57 Å². The lowest BCUT2D eigenvalue weighted by Crippen LogP contribution is -2.05. The van der Waals surface area contributed by atoms with Gasteiger partial charge in [-0.25, -0.2) is 9.97 Å². The van der Waals surface area contributed by atoms with Crippen LogP contribution in [0.2, 0.25) is 0 Å². The Balaban J connectivity index is 2.07. The van der Waals surface area contributed by atoms with Crippen LogP contribution >= 0.6 is 0 Å². The molecular weight excluding hydrogens is 281 g/mol. The van der Waals surface area contributed by atoms with Crippen LogP contribution in [0.15, 0.2) is 42.9 Å². The summed E-state index contributed by atoms with van der Waals surface area (Å²) in [5, 5.41) is 3.00. The SMILES string of the molecule is CNc1ccc(-n2cnc3cc(C(F)(F)F)cnc32)cc1. The lowest BCUT2D eigenvalue weighted by molar-refractivity contribution is -0.137. The second kappa shape index (κ2) is 4.76. The van der Waals surface area contributed by atoms with Crippen molar-refractivity contribution in [1.82, 2.24) is 14.5 Å². The summed E-state index contributed by atoms with van der Waals surface area (Å²) >= 11 is 0. The van der Waals surface area contributed by atoms with E-state index in [-0.39, 0.29) is 5.52 Å². The average Bonchev–Trinajstić information content (AvgIpc) is 2.89. The molecule has 0 aliphatic rings. The zero-order valence-corrected chi connectivity index (χ0v) is 11.0. The fraction of sp³-hybridized carbons (Fsp3) is 0.143. The number of aromatic nitrogens is 3. The molecule has 0 aliphatic heterocycles. The molecule has 0 fully saturated rings. The molecule has 0 unspecified atom stereocenters. The van der Waals surface area contributed by atoms with E-state index in [1.807, 2.05) is 31.3 Å². The van der Waals surface area contributed by atoms with Crippen LogP contribution in [0, 0.1) is 0 Å². The minimum Gasteiger partial charge on any atom is -0.388 e. The van der Waals surface area contributed by atoms with Crippen LogP contribution in [0.4, 0.5) is 18.9 Å². The van der Waals surface area contributed by atoms with Crippen LogP contribution in [0.3, 0.4) is 0 Å². The van der Waals surface area contributed by atoms with Crippen molar-refractivity contribution in [2.75, 3.05) is 12.4 Å². The van der Waals surface area contributed by atoms with Crippen molar-refractivity contribution in [3.05, 3.63) is 48.4 Å². The number of hydrogen-bond donors (Lipinski definition) is 1. The van der Waals surface area contributed by atoms with Crippen molar-refractivity contribution in [1.29, 1.82) is 0 Å². The lowest BCUT2D eigenvalue weighted by Gasteiger charge is -2.07. The Bertz CT molecular complexity index is 775. The molecule has 0 aliphatic carbocycles. The van der Waals surface area contributed by atoms with Crippen molar-refractivity contribution < 1.29 is 13.2 Å². The summed E-state index contributed by atoms with van der Waals surface area (Å²) in [5.41, 5.74) is 1.52. The minimum atomic E-state index is -4.42. The number of rotatable bonds is 2. The van der Waals surface area contributed by atoms with E-state index in [1.54, 1.807) is 4.57 Å². The van der Waals surface area contributed by atoms with Gasteiger partial charge in [-0.2, -0.15) is 13.2 Å². The number of imidazole rings is 1. The van der Waals surface area contributed by atoms with Gasteiger partial charge in [0.05, 0.1) is 5.56 Å². The number of pyridine rings is 1. The Kier molecular flexibility index (Phi) is 3.04. The third kappa shape index (κ3) is 2.42. The summed E-state index contributed by atoms with van der Waals surface area (Å²) < 4.78 is 39.6. The molecule has 0 saturated heterocycles. The van der Waals surface area contributed by atoms with Gasteiger partial charge in [-0.05, 0) is 30.3 Å². The molecule has 3 rings (SSSR count). The molecule has 0 radical (unpaired) electrons. The zero-order valence-electron chi connectivity index (χ0n) is 11.0. The summed E-state index contributed by atoms with van der Waals surface area (Å²) in [5.74, 6) is 0. The smallest absolute Gasteiger partial charge is 0.388 e. The van der Waals surface area contributed by atoms with Gasteiger partial charge >= 0.3 is 6.18 Å². The molecule has 7 heteroatoms. The van der Waals surface area contributed by atoms with Crippen LogP contribution in [0.1, 0.15) is 5.56 Å². The number of fused-ring (bicyclic) bond motifs is 1. The predicted octanol–water partition coefficient (Wildman–Crippen LogP) is 3.48. The van der Waals surface area contributed by atoms with Crippen LogP contribution in [-0.4, -0.2) is 21.6 Å². The highest BCUT2D eigenvalue weighted by atomic mass is 19.4. The summed E-state index contributed by atoms with van der Waals surface area (Å²) in [6, 6.07) is 8.41. The molecule has 1 N–H and O–H groups in total. The van der Waals surface area contributed by atoms with E-state index >= 15 is 0 Å². The van der Waals surface area contributed by atoms with Crippen molar-refractivity contribution in [2.24, 2.45) is 0 Å². The first-order valence-electron chi connectivity index (χ1n) is 6.17. The maximum absolute atomic E-state index is 12.6. The highest BCUT2D eigenvalue weighted by Gasteiger charge is 2.31. The Morgan fingerprint density at radius 3 is 2.43 bits per heavy atom. The van der Waals surface area contributed by atoms with Gasteiger partial charge in [0.1, 0.15) is 11.8 Å². The second-order valence-electron chi connectivity index (χ2n) is 4.48. The van der Waals surface area contributed by atoms with Crippen LogP contribution < -0.4 is 5.32 Å². The molecule has 108 valence electrons. The molecule has 2 aromatic heterocycles. The number of halogens is 3. The van der Waals surface area contributed by atoms with Crippen molar-refractivity contribution in [2.45, 2.75) is 6.18 Å². The molecule has 0 atom stereocenters. The first-order valence-corrected chi connectivity index (χ1v) is 6.17. The molecule has 0 amide bonds. The van der Waals surface area contributed by atoms with Gasteiger partial charge in [0.25, 0.3) is 0 Å². The largest absolute Gasteiger partial charge is 0.417 e. The molecule has 0 spiro atoms. The predicted molar refractivity (Wildman–Crippen MR) is 73.4 cm³/mol. The number of anilines is 1. The summed E-state index contributed by atoms with van der Waals surface area (Å²) in [6.07, 6.45) is -2.13. The quantitative estimate of drug-likeness (QED) is 0.786. The number of hydrogen-bond acceptors (Lipinski definition) is 3. The number of nitrogens with one attached hydrogen (secondary N) is 1. The van der Waals surface area contributed by atoms with Crippen molar-refractivity contribution in [3.63, 3.8) is 0 Å². The standard InChI is InChI=1S/C14H11F3N4/c1-18-10-2-4-11(5-3-10)21-8-20-12-6-9(14(15,16)17)7-19-13(12)21/h2-8,18H,1H3. The Morgan fingerprint density at radius 2 is 1.81 bits per heavy atom. The van der Waals surface area contributed by atoms with Gasteiger partial charge in [-0.1, -0.05) is 0 Å². The summed E-state index contributed by atoms with van der Waals surface area (Å²) in [6.45, 7) is 0. The van der Waals surface area contributed by atoms with Gasteiger partial charge in [0.2, 0.25) is 0 Å². The van der Waals surface area contributed by atoms with Gasteiger partial charge in [0.15, 0.2) is 5.65 Å². The summed E-state index contributed by atoms with van der Waals surface area (Å²) in [4.78, 5) is 7.89. The van der Waals surface area contributed by atoms with Gasteiger partial charge < -0.3 is 5.32 Å². The first kappa shape index (κ1) is 13.4. The van der Waals surface area contributed by atoms with Gasteiger partial charge in [-0.15, -0.1) is 0 Å². The van der Waals surface area contributed by atoms with E-state index in [4.69, 9.17) is 0 Å². The monoisotopic (exact) mass is 292 g/mol. The van der Waals surface area contributed by atoms with E-state index in [2.05, 4.69) is 15.3 Å². The fourth-order valence-electron chi connectivity index (χ4n) is 2.03. The van der Waals surface area contributed by atoms with Crippen LogP contribution in [0.25, 0.3) is 16.9 Å². The third-order valence-corrected chi connectivity index (χ3v) is 3.15. The van der Waals surface area contributed by atoms with Crippen molar-refractivity contribution in [3.8, 4) is 5.69 Å². The topological polar surface area (TPSA) is 42.7 Å². The molecule has 3 aromatic rings. The number of nitrogens with zero attached hydrogens (tertiary/aromatic N) is 3. The number of alkyl halides is 3. The molecule has 0 bridgehead atoms. The molecular formula is C14H11F3N4.